The molecule has 3 N–H and O–H groups in total. The number of amides is 12. The van der Waals surface area contributed by atoms with E-state index < -0.39 is 172 Å². The highest BCUT2D eigenvalue weighted by atomic mass is 35.5. The van der Waals surface area contributed by atoms with Crippen molar-refractivity contribution in [1.82, 2.24) is 60.0 Å². The largest absolute Gasteiger partial charge is 0.417 e. The van der Waals surface area contributed by atoms with Gasteiger partial charge in [-0.15, -0.1) is 0 Å². The number of hydrogen-bond donors (Lipinski definition) is 3. The molecular formula is C74H114ClF3N12O13. The van der Waals surface area contributed by atoms with E-state index in [-0.39, 0.29) is 83.1 Å². The summed E-state index contributed by atoms with van der Waals surface area (Å²) in [7, 11) is 8.52. The van der Waals surface area contributed by atoms with Crippen molar-refractivity contribution in [2.75, 3.05) is 88.2 Å². The maximum atomic E-state index is 15.5. The summed E-state index contributed by atoms with van der Waals surface area (Å²) in [5, 5.41) is 8.12. The number of piperidine rings is 1. The van der Waals surface area contributed by atoms with E-state index >= 15 is 38.4 Å². The Hall–Kier alpha value is -7.10. The number of nitrogens with zero attached hydrogens (tertiary/aromatic N) is 9. The number of ether oxygens (including phenoxy) is 1. The lowest BCUT2D eigenvalue weighted by Gasteiger charge is -2.45. The Morgan fingerprint density at radius 3 is 1.89 bits per heavy atom. The average molecular weight is 1470 g/mol. The van der Waals surface area contributed by atoms with E-state index in [1.54, 1.807) is 25.7 Å². The molecule has 2 saturated carbocycles. The molecule has 10 atom stereocenters. The van der Waals surface area contributed by atoms with E-state index in [0.29, 0.717) is 63.6 Å². The van der Waals surface area contributed by atoms with Gasteiger partial charge in [-0.2, -0.15) is 13.2 Å². The summed E-state index contributed by atoms with van der Waals surface area (Å²) >= 11 is 6.16. The smallest absolute Gasteiger partial charge is 0.379 e. The Morgan fingerprint density at radius 2 is 1.30 bits per heavy atom. The van der Waals surface area contributed by atoms with Crippen molar-refractivity contribution in [2.45, 2.75) is 249 Å². The van der Waals surface area contributed by atoms with Gasteiger partial charge in [0.05, 0.1) is 30.2 Å². The highest BCUT2D eigenvalue weighted by Gasteiger charge is 2.52. The lowest BCUT2D eigenvalue weighted by Crippen LogP contribution is -2.65. The lowest BCUT2D eigenvalue weighted by atomic mass is 9.84. The van der Waals surface area contributed by atoms with Crippen molar-refractivity contribution in [3.05, 3.63) is 34.3 Å². The first kappa shape index (κ1) is 83.2. The van der Waals surface area contributed by atoms with Gasteiger partial charge in [0.2, 0.25) is 70.9 Å². The van der Waals surface area contributed by atoms with Crippen LogP contribution in [-0.4, -0.2) is 263 Å². The number of likely N-dealkylation sites (N-methyl/N-ethyl adjacent to an activating group) is 6. The SMILES string of the molecule is CC[C@H](C)[C@@H]1NC(=O)[C@H](COCCC(C)C)N(C)C(=O)C[C@@H](C(=O)N2CCCCC2)N(C)C(=O)[C@H](C(C)C)N(C)C(=O)C2(CCCC2)NC(=O)[C@@H]2CCCN2C(=O)[C@H](CCc2ccc(C(F)(F)F)c(Cl)c2)NC(=O)CN(C)C(=O)[C@H](CC2CCCCC2)N(C)C(=O)[C@@H]2CCN2C(=O)[C@H](C)N(C)C1=O. The van der Waals surface area contributed by atoms with Gasteiger partial charge in [-0.3, -0.25) is 57.5 Å². The molecule has 4 aliphatic heterocycles. The quantitative estimate of drug-likeness (QED) is 0.179. The number of likely N-dealkylation sites (tertiary alicyclic amines) is 1. The third-order valence-electron chi connectivity index (χ3n) is 22.6. The lowest BCUT2D eigenvalue weighted by molar-refractivity contribution is -0.160. The van der Waals surface area contributed by atoms with Crippen LogP contribution < -0.4 is 16.0 Å². The zero-order chi connectivity index (χ0) is 76.1. The van der Waals surface area contributed by atoms with Crippen molar-refractivity contribution in [3.63, 3.8) is 0 Å². The number of fused-ring (bicyclic) bond motifs is 2. The molecule has 1 spiro atoms. The summed E-state index contributed by atoms with van der Waals surface area (Å²) in [5.41, 5.74) is -2.37. The topological polar surface area (TPSA) is 279 Å². The van der Waals surface area contributed by atoms with Crippen molar-refractivity contribution in [3.8, 4) is 0 Å². The molecule has 4 heterocycles. The number of rotatable bonds is 14. The van der Waals surface area contributed by atoms with Crippen LogP contribution in [0, 0.1) is 23.7 Å². The van der Waals surface area contributed by atoms with Crippen molar-refractivity contribution < 1.29 is 75.4 Å². The zero-order valence-corrected chi connectivity index (χ0v) is 63.6. The molecule has 29 heteroatoms. The third kappa shape index (κ3) is 20.3. The average Bonchev–Trinajstić information content (AvgIpc) is 1.77. The van der Waals surface area contributed by atoms with Gasteiger partial charge in [0.15, 0.2) is 0 Å². The second-order valence-electron chi connectivity index (χ2n) is 30.6. The molecule has 6 fully saturated rings. The number of hydrogen-bond acceptors (Lipinski definition) is 13. The van der Waals surface area contributed by atoms with Gasteiger partial charge in [0.25, 0.3) is 0 Å². The predicted octanol–water partition coefficient (Wildman–Crippen LogP) is 6.05. The molecule has 0 radical (unpaired) electrons. The second-order valence-corrected chi connectivity index (χ2v) is 31.0. The van der Waals surface area contributed by atoms with Crippen LogP contribution in [0.15, 0.2) is 18.2 Å². The van der Waals surface area contributed by atoms with E-state index in [9.17, 15) is 32.3 Å². The van der Waals surface area contributed by atoms with Crippen LogP contribution in [-0.2, 0) is 74.9 Å². The standard InChI is InChI=1S/C74H114ClF3N12O13/c1-14-47(6)61-70(100)83(9)48(7)65(95)90-38-31-55(90)68(98)85(11)56(41-49-24-17-15-18-25-49)67(97)82(8)43-59(91)79-53(30-28-50-27-29-51(52(75)40-50)74(76,77)78)66(96)89-37-23-26-54(89)64(94)81-73(33-19-20-34-73)72(102)87(13)62(46(4)5)71(101)86(12)57(69(99)88-35-21-16-22-36-88)42-60(92)84(10)58(63(93)80-61)44-103-39-32-45(2)3/h27,29,40,45-49,53-58,61-62H,14-26,28,30-39,41-44H2,1-13H3,(H,79,91)(H,80,93)(H,81,94)/t47-,48-,53-,54-,55-,56-,57-,58-,61-,62-/m0/s1. The van der Waals surface area contributed by atoms with Crippen LogP contribution >= 0.6 is 11.6 Å². The monoisotopic (exact) mass is 1470 g/mol. The molecule has 12 amide bonds. The Morgan fingerprint density at radius 1 is 0.660 bits per heavy atom. The first-order valence-electron chi connectivity index (χ1n) is 37.4. The summed E-state index contributed by atoms with van der Waals surface area (Å²) < 4.78 is 47.8. The fourth-order valence-electron chi connectivity index (χ4n) is 15.5. The second kappa shape index (κ2) is 36.7. The van der Waals surface area contributed by atoms with Gasteiger partial charge in [-0.1, -0.05) is 111 Å². The molecule has 2 aliphatic carbocycles. The van der Waals surface area contributed by atoms with Crippen LogP contribution in [0.3, 0.4) is 0 Å². The van der Waals surface area contributed by atoms with E-state index in [1.165, 1.54) is 84.7 Å². The number of alkyl halides is 3. The summed E-state index contributed by atoms with van der Waals surface area (Å²) in [6.07, 6.45) is 4.03. The van der Waals surface area contributed by atoms with Gasteiger partial charge in [0.1, 0.15) is 59.9 Å². The molecule has 0 unspecified atom stereocenters. The summed E-state index contributed by atoms with van der Waals surface area (Å²) in [4.78, 5) is 192. The third-order valence-corrected chi connectivity index (χ3v) is 22.9. The molecule has 0 aromatic heterocycles. The minimum absolute atomic E-state index is 0.0155. The molecule has 25 nitrogen and oxygen atoms in total. The van der Waals surface area contributed by atoms with Gasteiger partial charge < -0.3 is 64.8 Å². The molecule has 576 valence electrons. The number of carbonyl (C=O) groups excluding carboxylic acids is 12. The predicted molar refractivity (Wildman–Crippen MR) is 380 cm³/mol. The summed E-state index contributed by atoms with van der Waals surface area (Å²) in [6.45, 7) is 12.7. The van der Waals surface area contributed by atoms with Gasteiger partial charge in [-0.05, 0) is 125 Å². The summed E-state index contributed by atoms with van der Waals surface area (Å²) in [5.74, 6) is -8.85. The number of halogens is 4. The minimum Gasteiger partial charge on any atom is -0.379 e. The Kier molecular flexibility index (Phi) is 29.7. The van der Waals surface area contributed by atoms with Crippen molar-refractivity contribution >= 4 is 82.5 Å². The van der Waals surface area contributed by atoms with Gasteiger partial charge >= 0.3 is 6.18 Å². The molecular weight excluding hydrogens is 1360 g/mol. The van der Waals surface area contributed by atoms with E-state index in [0.717, 1.165) is 60.5 Å². The van der Waals surface area contributed by atoms with Crippen LogP contribution in [0.25, 0.3) is 0 Å². The fourth-order valence-corrected chi connectivity index (χ4v) is 15.8. The Labute approximate surface area is 611 Å². The van der Waals surface area contributed by atoms with E-state index in [1.807, 2.05) is 20.8 Å². The fraction of sp³-hybridized carbons (Fsp3) is 0.757. The zero-order valence-electron chi connectivity index (χ0n) is 62.9. The van der Waals surface area contributed by atoms with Crippen LogP contribution in [0.2, 0.25) is 5.02 Å². The normalized spacial score (nSPS) is 27.3. The molecule has 4 saturated heterocycles. The summed E-state index contributed by atoms with van der Waals surface area (Å²) in [6, 6.07) is -8.22. The van der Waals surface area contributed by atoms with Crippen molar-refractivity contribution in [2.24, 2.45) is 23.7 Å². The molecule has 0 bridgehead atoms. The van der Waals surface area contributed by atoms with Crippen molar-refractivity contribution in [1.29, 1.82) is 0 Å². The molecule has 1 aromatic rings. The van der Waals surface area contributed by atoms with E-state index in [2.05, 4.69) is 16.0 Å². The molecule has 103 heavy (non-hydrogen) atoms. The maximum Gasteiger partial charge on any atom is 0.417 e. The molecule has 7 rings (SSSR count). The Balaban J connectivity index is 1.29. The highest BCUT2D eigenvalue weighted by molar-refractivity contribution is 6.31. The highest BCUT2D eigenvalue weighted by Crippen LogP contribution is 2.38. The number of aryl methyl sites for hydroxylation is 1. The van der Waals surface area contributed by atoms with Gasteiger partial charge in [-0.25, -0.2) is 0 Å². The number of benzene rings is 1. The van der Waals surface area contributed by atoms with Gasteiger partial charge in [0, 0.05) is 75.1 Å². The van der Waals surface area contributed by atoms with Crippen LogP contribution in [0.1, 0.15) is 188 Å². The molecule has 6 aliphatic rings. The minimum atomic E-state index is -4.76. The molecule has 1 aromatic carbocycles. The van der Waals surface area contributed by atoms with Crippen LogP contribution in [0.5, 0.6) is 0 Å². The van der Waals surface area contributed by atoms with Crippen LogP contribution in [0.4, 0.5) is 13.2 Å². The Bertz CT molecular complexity index is 3210. The first-order valence-corrected chi connectivity index (χ1v) is 37.8. The maximum absolute atomic E-state index is 15.5. The number of carbonyl (C=O) groups is 12. The number of nitrogens with one attached hydrogen (secondary N) is 3. The van der Waals surface area contributed by atoms with E-state index in [4.69, 9.17) is 16.3 Å². The first-order chi connectivity index (χ1) is 48.5.